The van der Waals surface area contributed by atoms with Crippen molar-refractivity contribution in [3.8, 4) is 0 Å². The van der Waals surface area contributed by atoms with Crippen LogP contribution in [0.3, 0.4) is 0 Å². The van der Waals surface area contributed by atoms with Crippen molar-refractivity contribution in [1.82, 2.24) is 9.80 Å². The summed E-state index contributed by atoms with van der Waals surface area (Å²) in [5, 5.41) is 0.703. The van der Waals surface area contributed by atoms with E-state index < -0.39 is 0 Å². The van der Waals surface area contributed by atoms with E-state index in [0.717, 1.165) is 24.2 Å². The van der Waals surface area contributed by atoms with Crippen molar-refractivity contribution in [2.75, 3.05) is 19.6 Å². The van der Waals surface area contributed by atoms with Gasteiger partial charge in [-0.1, -0.05) is 11.6 Å². The fourth-order valence-electron chi connectivity index (χ4n) is 4.08. The van der Waals surface area contributed by atoms with Gasteiger partial charge in [0.25, 0.3) is 0 Å². The minimum Gasteiger partial charge on any atom is -0.464 e. The second kappa shape index (κ2) is 5.77. The van der Waals surface area contributed by atoms with Gasteiger partial charge in [-0.3, -0.25) is 14.6 Å². The third-order valence-electron chi connectivity index (χ3n) is 5.44. The molecular weight excluding hydrogens is 288 g/mol. The van der Waals surface area contributed by atoms with Crippen LogP contribution in [-0.4, -0.2) is 41.5 Å². The molecule has 0 radical (unpaired) electrons. The van der Waals surface area contributed by atoms with E-state index in [0.29, 0.717) is 29.6 Å². The van der Waals surface area contributed by atoms with Gasteiger partial charge in [-0.15, -0.1) is 0 Å². The molecule has 0 spiro atoms. The molecule has 0 amide bonds. The highest BCUT2D eigenvalue weighted by molar-refractivity contribution is 5.77. The van der Waals surface area contributed by atoms with E-state index in [2.05, 4.69) is 16.7 Å². The molecule has 2 aliphatic rings. The zero-order valence-electron chi connectivity index (χ0n) is 13.9. The Morgan fingerprint density at radius 3 is 3.04 bits per heavy atom. The van der Waals surface area contributed by atoms with E-state index in [-0.39, 0.29) is 5.43 Å². The summed E-state index contributed by atoms with van der Waals surface area (Å²) in [4.78, 5) is 17.8. The first-order valence-corrected chi connectivity index (χ1v) is 8.61. The van der Waals surface area contributed by atoms with Crippen molar-refractivity contribution < 1.29 is 4.42 Å². The Kier molecular flexibility index (Phi) is 3.74. The maximum Gasteiger partial charge on any atom is 0.197 e. The highest BCUT2D eigenvalue weighted by Crippen LogP contribution is 2.25. The molecule has 2 aromatic rings. The molecule has 1 aromatic heterocycles. The topological polar surface area (TPSA) is 36.7 Å². The first kappa shape index (κ1) is 14.9. The monoisotopic (exact) mass is 312 g/mol. The predicted octanol–water partition coefficient (Wildman–Crippen LogP) is 2.77. The number of fused-ring (bicyclic) bond motifs is 2. The van der Waals surface area contributed by atoms with Gasteiger partial charge >= 0.3 is 0 Å². The van der Waals surface area contributed by atoms with Crippen LogP contribution in [0.1, 0.15) is 30.9 Å². The van der Waals surface area contributed by atoms with Crippen LogP contribution in [0, 0.1) is 6.92 Å². The number of hydrogen-bond donors (Lipinski definition) is 0. The lowest BCUT2D eigenvalue weighted by Crippen LogP contribution is -2.54. The fraction of sp³-hybridized carbons (Fsp3) is 0.526. The molecule has 1 unspecified atom stereocenters. The summed E-state index contributed by atoms with van der Waals surface area (Å²) < 4.78 is 5.70. The van der Waals surface area contributed by atoms with Crippen molar-refractivity contribution in [2.24, 2.45) is 0 Å². The summed E-state index contributed by atoms with van der Waals surface area (Å²) in [6, 6.07) is 6.95. The molecule has 2 aliphatic heterocycles. The lowest BCUT2D eigenvalue weighted by molar-refractivity contribution is 0.0535. The van der Waals surface area contributed by atoms with E-state index in [9.17, 15) is 4.79 Å². The summed E-state index contributed by atoms with van der Waals surface area (Å²) in [7, 11) is 0. The largest absolute Gasteiger partial charge is 0.464 e. The number of benzene rings is 1. The summed E-state index contributed by atoms with van der Waals surface area (Å²) in [6.45, 7) is 8.38. The third-order valence-corrected chi connectivity index (χ3v) is 5.44. The number of rotatable bonds is 2. The maximum absolute atomic E-state index is 12.8. The van der Waals surface area contributed by atoms with Crippen molar-refractivity contribution in [3.05, 3.63) is 45.8 Å². The molecular formula is C19H24N2O2. The molecule has 4 nitrogen and oxygen atoms in total. The van der Waals surface area contributed by atoms with Gasteiger partial charge in [0.2, 0.25) is 0 Å². The van der Waals surface area contributed by atoms with E-state index in [1.807, 2.05) is 25.1 Å². The summed E-state index contributed by atoms with van der Waals surface area (Å²) in [5.74, 6) is 0. The van der Waals surface area contributed by atoms with E-state index >= 15 is 0 Å². The van der Waals surface area contributed by atoms with Gasteiger partial charge in [-0.25, -0.2) is 0 Å². The number of aryl methyl sites for hydroxylation is 1. The molecule has 4 rings (SSSR count). The maximum atomic E-state index is 12.8. The smallest absolute Gasteiger partial charge is 0.197 e. The zero-order chi connectivity index (χ0) is 16.0. The molecule has 0 N–H and O–H groups in total. The quantitative estimate of drug-likeness (QED) is 0.854. The second-order valence-corrected chi connectivity index (χ2v) is 7.16. The number of hydrogen-bond acceptors (Lipinski definition) is 4. The van der Waals surface area contributed by atoms with Crippen molar-refractivity contribution in [1.29, 1.82) is 0 Å². The molecule has 2 saturated heterocycles. The molecule has 122 valence electrons. The van der Waals surface area contributed by atoms with Crippen LogP contribution in [0.5, 0.6) is 0 Å². The molecule has 1 aromatic carbocycles. The van der Waals surface area contributed by atoms with Gasteiger partial charge in [-0.2, -0.15) is 0 Å². The van der Waals surface area contributed by atoms with Crippen LogP contribution >= 0.6 is 0 Å². The Morgan fingerprint density at radius 2 is 2.17 bits per heavy atom. The standard InChI is InChI=1S/C19H24N2O2/c1-13-5-6-18-17(8-13)19(22)15(12-23-18)10-21-11-16-4-3-7-20(16)9-14(21)2/h5-6,8,12,14,16H,3-4,7,9-11H2,1-2H3/t14-,16?/m0/s1. The van der Waals surface area contributed by atoms with Crippen molar-refractivity contribution in [2.45, 2.75) is 45.3 Å². The highest BCUT2D eigenvalue weighted by atomic mass is 16.3. The van der Waals surface area contributed by atoms with Crippen molar-refractivity contribution >= 4 is 11.0 Å². The van der Waals surface area contributed by atoms with Crippen LogP contribution in [0.4, 0.5) is 0 Å². The Labute approximate surface area is 136 Å². The average molecular weight is 312 g/mol. The zero-order valence-corrected chi connectivity index (χ0v) is 13.9. The van der Waals surface area contributed by atoms with Crippen LogP contribution in [-0.2, 0) is 6.54 Å². The Morgan fingerprint density at radius 1 is 1.30 bits per heavy atom. The lowest BCUT2D eigenvalue weighted by atomic mass is 10.1. The van der Waals surface area contributed by atoms with Crippen LogP contribution in [0.2, 0.25) is 0 Å². The second-order valence-electron chi connectivity index (χ2n) is 7.16. The van der Waals surface area contributed by atoms with Gasteiger partial charge in [0.1, 0.15) is 5.58 Å². The van der Waals surface area contributed by atoms with Crippen LogP contribution in [0.15, 0.2) is 33.7 Å². The van der Waals surface area contributed by atoms with Gasteiger partial charge in [0, 0.05) is 37.3 Å². The lowest BCUT2D eigenvalue weighted by Gasteiger charge is -2.42. The van der Waals surface area contributed by atoms with E-state index in [1.165, 1.54) is 19.4 Å². The van der Waals surface area contributed by atoms with Gasteiger partial charge in [0.05, 0.1) is 11.6 Å². The van der Waals surface area contributed by atoms with Crippen LogP contribution in [0.25, 0.3) is 11.0 Å². The fourth-order valence-corrected chi connectivity index (χ4v) is 4.08. The molecule has 0 aliphatic carbocycles. The first-order valence-electron chi connectivity index (χ1n) is 8.61. The molecule has 4 heteroatoms. The molecule has 3 heterocycles. The predicted molar refractivity (Wildman–Crippen MR) is 91.7 cm³/mol. The number of piperazine rings is 1. The molecule has 2 atom stereocenters. The highest BCUT2D eigenvalue weighted by Gasteiger charge is 2.34. The number of nitrogens with zero attached hydrogens (tertiary/aromatic N) is 2. The summed E-state index contributed by atoms with van der Waals surface area (Å²) in [6.07, 6.45) is 4.26. The van der Waals surface area contributed by atoms with Crippen LogP contribution < -0.4 is 5.43 Å². The van der Waals surface area contributed by atoms with E-state index in [1.54, 1.807) is 6.26 Å². The molecule has 23 heavy (non-hydrogen) atoms. The van der Waals surface area contributed by atoms with Gasteiger partial charge < -0.3 is 4.42 Å². The minimum absolute atomic E-state index is 0.121. The molecule has 0 saturated carbocycles. The minimum atomic E-state index is 0.121. The Balaban J connectivity index is 1.62. The van der Waals surface area contributed by atoms with Crippen molar-refractivity contribution in [3.63, 3.8) is 0 Å². The Bertz CT molecular complexity index is 783. The SMILES string of the molecule is Cc1ccc2occ(CN3CC4CCCN4C[C@@H]3C)c(=O)c2c1. The van der Waals surface area contributed by atoms with E-state index in [4.69, 9.17) is 4.42 Å². The van der Waals surface area contributed by atoms with Gasteiger partial charge in [-0.05, 0) is 45.4 Å². The average Bonchev–Trinajstić information content (AvgIpc) is 2.98. The third kappa shape index (κ3) is 2.70. The summed E-state index contributed by atoms with van der Waals surface area (Å²) in [5.41, 5.74) is 2.67. The first-order chi connectivity index (χ1) is 11.1. The summed E-state index contributed by atoms with van der Waals surface area (Å²) >= 11 is 0. The van der Waals surface area contributed by atoms with Gasteiger partial charge in [0.15, 0.2) is 5.43 Å². The molecule has 0 bridgehead atoms. The molecule has 2 fully saturated rings. The Hall–Kier alpha value is -1.65. The normalized spacial score (nSPS) is 25.8.